The van der Waals surface area contributed by atoms with E-state index in [1.807, 2.05) is 18.2 Å². The zero-order valence-corrected chi connectivity index (χ0v) is 16.7. The quantitative estimate of drug-likeness (QED) is 0.441. The van der Waals surface area contributed by atoms with Crippen LogP contribution in [-0.4, -0.2) is 34.4 Å². The van der Waals surface area contributed by atoms with Gasteiger partial charge >= 0.3 is 5.97 Å². The summed E-state index contributed by atoms with van der Waals surface area (Å²) in [6.07, 6.45) is -0.151. The molecule has 0 aliphatic rings. The molecule has 1 aromatic heterocycles. The standard InChI is InChI=1S/C19H15BrClN3O4/c20-11-3-6-14-13(9-11)16(21)17(24-14)19(28)23-12-4-1-10(2-5-12)18(27)22-8-7-15(25)26/h1-6,9,24H,7-8H2,(H,22,27)(H,23,28)(H,25,26). The van der Waals surface area contributed by atoms with Gasteiger partial charge in [-0.1, -0.05) is 27.5 Å². The lowest BCUT2D eigenvalue weighted by atomic mass is 10.2. The topological polar surface area (TPSA) is 111 Å². The molecule has 144 valence electrons. The minimum Gasteiger partial charge on any atom is -0.481 e. The molecule has 28 heavy (non-hydrogen) atoms. The average Bonchev–Trinajstić information content (AvgIpc) is 2.98. The maximum atomic E-state index is 12.5. The number of hydrogen-bond acceptors (Lipinski definition) is 3. The van der Waals surface area contributed by atoms with Gasteiger partial charge in [0, 0.05) is 33.2 Å². The van der Waals surface area contributed by atoms with Crippen LogP contribution in [0.1, 0.15) is 27.3 Å². The van der Waals surface area contributed by atoms with E-state index in [-0.39, 0.29) is 24.6 Å². The van der Waals surface area contributed by atoms with Crippen molar-refractivity contribution in [3.63, 3.8) is 0 Å². The number of hydrogen-bond donors (Lipinski definition) is 4. The molecule has 0 radical (unpaired) electrons. The molecule has 0 saturated heterocycles. The van der Waals surface area contributed by atoms with Crippen molar-refractivity contribution in [1.29, 1.82) is 0 Å². The fourth-order valence-corrected chi connectivity index (χ4v) is 3.22. The number of carboxylic acid groups (broad SMARTS) is 1. The van der Waals surface area contributed by atoms with E-state index >= 15 is 0 Å². The number of carboxylic acids is 1. The summed E-state index contributed by atoms with van der Waals surface area (Å²) in [5.41, 5.74) is 1.83. The molecule has 9 heteroatoms. The number of rotatable bonds is 6. The molecule has 1 heterocycles. The maximum absolute atomic E-state index is 12.5. The van der Waals surface area contributed by atoms with Gasteiger partial charge in [-0.15, -0.1) is 0 Å². The Hall–Kier alpha value is -2.84. The maximum Gasteiger partial charge on any atom is 0.305 e. The van der Waals surface area contributed by atoms with Gasteiger partial charge in [0.25, 0.3) is 11.8 Å². The monoisotopic (exact) mass is 463 g/mol. The first kappa shape index (κ1) is 19.9. The lowest BCUT2D eigenvalue weighted by molar-refractivity contribution is -0.136. The van der Waals surface area contributed by atoms with Crippen molar-refractivity contribution < 1.29 is 19.5 Å². The van der Waals surface area contributed by atoms with Gasteiger partial charge in [-0.05, 0) is 42.5 Å². The predicted octanol–water partition coefficient (Wildman–Crippen LogP) is 4.04. The second kappa shape index (κ2) is 8.45. The molecule has 2 aromatic carbocycles. The molecular weight excluding hydrogens is 450 g/mol. The molecule has 0 saturated carbocycles. The molecule has 0 bridgehead atoms. The van der Waals surface area contributed by atoms with Crippen molar-refractivity contribution >= 4 is 61.9 Å². The molecule has 4 N–H and O–H groups in total. The van der Waals surface area contributed by atoms with Crippen LogP contribution in [0.5, 0.6) is 0 Å². The number of aromatic nitrogens is 1. The third-order valence-corrected chi connectivity index (χ3v) is 4.84. The summed E-state index contributed by atoms with van der Waals surface area (Å²) >= 11 is 9.69. The number of carbonyl (C=O) groups excluding carboxylic acids is 2. The number of fused-ring (bicyclic) bond motifs is 1. The third-order valence-electron chi connectivity index (χ3n) is 3.95. The SMILES string of the molecule is O=C(O)CCNC(=O)c1ccc(NC(=O)c2[nH]c3ccc(Br)cc3c2Cl)cc1. The Balaban J connectivity index is 1.69. The van der Waals surface area contributed by atoms with Crippen molar-refractivity contribution in [1.82, 2.24) is 10.3 Å². The van der Waals surface area contributed by atoms with Gasteiger partial charge in [0.1, 0.15) is 5.69 Å². The van der Waals surface area contributed by atoms with Crippen LogP contribution in [0.15, 0.2) is 46.9 Å². The number of halogens is 2. The molecular formula is C19H15BrClN3O4. The molecule has 0 fully saturated rings. The molecule has 0 spiro atoms. The van der Waals surface area contributed by atoms with Crippen LogP contribution in [-0.2, 0) is 4.79 Å². The number of aliphatic carboxylic acids is 1. The molecule has 0 aliphatic carbocycles. The molecule has 7 nitrogen and oxygen atoms in total. The highest BCUT2D eigenvalue weighted by Gasteiger charge is 2.17. The van der Waals surface area contributed by atoms with Gasteiger partial charge in [0.15, 0.2) is 0 Å². The predicted molar refractivity (Wildman–Crippen MR) is 110 cm³/mol. The first-order valence-corrected chi connectivity index (χ1v) is 9.40. The summed E-state index contributed by atoms with van der Waals surface area (Å²) in [5.74, 6) is -1.78. The van der Waals surface area contributed by atoms with E-state index in [0.29, 0.717) is 16.3 Å². The van der Waals surface area contributed by atoms with Gasteiger partial charge in [-0.2, -0.15) is 0 Å². The van der Waals surface area contributed by atoms with Crippen LogP contribution in [0, 0.1) is 0 Å². The van der Waals surface area contributed by atoms with Crippen LogP contribution in [0.2, 0.25) is 5.02 Å². The lowest BCUT2D eigenvalue weighted by Gasteiger charge is -2.07. The van der Waals surface area contributed by atoms with E-state index in [0.717, 1.165) is 15.4 Å². The summed E-state index contributed by atoms with van der Waals surface area (Å²) in [5, 5.41) is 14.9. The van der Waals surface area contributed by atoms with Crippen molar-refractivity contribution in [2.75, 3.05) is 11.9 Å². The van der Waals surface area contributed by atoms with E-state index < -0.39 is 11.9 Å². The van der Waals surface area contributed by atoms with Crippen LogP contribution in [0.25, 0.3) is 10.9 Å². The van der Waals surface area contributed by atoms with E-state index in [4.69, 9.17) is 16.7 Å². The lowest BCUT2D eigenvalue weighted by Crippen LogP contribution is -2.25. The summed E-state index contributed by atoms with van der Waals surface area (Å²) in [7, 11) is 0. The second-order valence-electron chi connectivity index (χ2n) is 5.94. The summed E-state index contributed by atoms with van der Waals surface area (Å²) in [6.45, 7) is 0.0433. The number of aromatic amines is 1. The van der Waals surface area contributed by atoms with Crippen molar-refractivity contribution in [2.45, 2.75) is 6.42 Å². The number of nitrogens with one attached hydrogen (secondary N) is 3. The number of H-pyrrole nitrogens is 1. The Morgan fingerprint density at radius 3 is 2.46 bits per heavy atom. The average molecular weight is 465 g/mol. The van der Waals surface area contributed by atoms with Crippen LogP contribution >= 0.6 is 27.5 Å². The first-order valence-electron chi connectivity index (χ1n) is 8.23. The first-order chi connectivity index (χ1) is 13.3. The van der Waals surface area contributed by atoms with Crippen LogP contribution < -0.4 is 10.6 Å². The Bertz CT molecular complexity index is 1060. The Morgan fingerprint density at radius 1 is 1.07 bits per heavy atom. The molecule has 2 amide bonds. The fourth-order valence-electron chi connectivity index (χ4n) is 2.57. The van der Waals surface area contributed by atoms with E-state index in [9.17, 15) is 14.4 Å². The van der Waals surface area contributed by atoms with Gasteiger partial charge < -0.3 is 20.7 Å². The number of benzene rings is 2. The zero-order valence-electron chi connectivity index (χ0n) is 14.4. The summed E-state index contributed by atoms with van der Waals surface area (Å²) < 4.78 is 0.852. The molecule has 0 aliphatic heterocycles. The largest absolute Gasteiger partial charge is 0.481 e. The number of amides is 2. The molecule has 3 rings (SSSR count). The van der Waals surface area contributed by atoms with Crippen molar-refractivity contribution in [3.8, 4) is 0 Å². The van der Waals surface area contributed by atoms with Gasteiger partial charge in [0.05, 0.1) is 11.4 Å². The van der Waals surface area contributed by atoms with E-state index in [1.54, 1.807) is 12.1 Å². The smallest absolute Gasteiger partial charge is 0.305 e. The van der Waals surface area contributed by atoms with Crippen molar-refractivity contribution in [3.05, 3.63) is 63.2 Å². The van der Waals surface area contributed by atoms with E-state index in [1.165, 1.54) is 12.1 Å². The summed E-state index contributed by atoms with van der Waals surface area (Å²) in [6, 6.07) is 11.7. The number of carbonyl (C=O) groups is 3. The molecule has 0 atom stereocenters. The van der Waals surface area contributed by atoms with Crippen LogP contribution in [0.4, 0.5) is 5.69 Å². The number of anilines is 1. The van der Waals surface area contributed by atoms with Crippen molar-refractivity contribution in [2.24, 2.45) is 0 Å². The molecule has 0 unspecified atom stereocenters. The minimum atomic E-state index is -0.985. The second-order valence-corrected chi connectivity index (χ2v) is 7.23. The Labute approximate surface area is 173 Å². The highest BCUT2D eigenvalue weighted by molar-refractivity contribution is 9.10. The zero-order chi connectivity index (χ0) is 20.3. The fraction of sp³-hybridized carbons (Fsp3) is 0.105. The molecule has 3 aromatic rings. The van der Waals surface area contributed by atoms with E-state index in [2.05, 4.69) is 31.5 Å². The third kappa shape index (κ3) is 4.52. The normalized spacial score (nSPS) is 10.6. The van der Waals surface area contributed by atoms with Gasteiger partial charge in [-0.3, -0.25) is 14.4 Å². The minimum absolute atomic E-state index is 0.0433. The Morgan fingerprint density at radius 2 is 1.79 bits per heavy atom. The highest BCUT2D eigenvalue weighted by atomic mass is 79.9. The summed E-state index contributed by atoms with van der Waals surface area (Å²) in [4.78, 5) is 37.9. The van der Waals surface area contributed by atoms with Gasteiger partial charge in [-0.25, -0.2) is 0 Å². The van der Waals surface area contributed by atoms with Crippen LogP contribution in [0.3, 0.4) is 0 Å². The Kier molecular flexibility index (Phi) is 6.01. The highest BCUT2D eigenvalue weighted by Crippen LogP contribution is 2.30. The van der Waals surface area contributed by atoms with Gasteiger partial charge in [0.2, 0.25) is 0 Å².